The Morgan fingerprint density at radius 3 is 2.29 bits per heavy atom. The molecule has 0 heterocycles. The number of nitrogens with zero attached hydrogens (tertiary/aromatic N) is 1. The van der Waals surface area contributed by atoms with Crippen molar-refractivity contribution in [1.82, 2.24) is 15.5 Å². The highest BCUT2D eigenvalue weighted by atomic mass is 16.6. The van der Waals surface area contributed by atoms with Crippen molar-refractivity contribution in [3.8, 4) is 5.75 Å². The largest absolute Gasteiger partial charge is 0.508 e. The smallest absolute Gasteiger partial charge is 0.408 e. The Bertz CT molecular complexity index is 850. The number of phenols is 1. The third kappa shape index (κ3) is 9.42. The van der Waals surface area contributed by atoms with Gasteiger partial charge in [-0.25, -0.2) is 4.79 Å². The van der Waals surface area contributed by atoms with Crippen LogP contribution < -0.4 is 10.6 Å². The van der Waals surface area contributed by atoms with Gasteiger partial charge in [0.05, 0.1) is 0 Å². The molecule has 8 nitrogen and oxygen atoms in total. The Morgan fingerprint density at radius 1 is 1.11 bits per heavy atom. The first-order valence-corrected chi connectivity index (χ1v) is 12.7. The number of hydrogen-bond donors (Lipinski definition) is 3. The zero-order valence-electron chi connectivity index (χ0n) is 22.7. The van der Waals surface area contributed by atoms with Crippen molar-refractivity contribution in [2.24, 2.45) is 5.92 Å². The normalized spacial score (nSPS) is 13.9. The van der Waals surface area contributed by atoms with Crippen LogP contribution in [0.3, 0.4) is 0 Å². The van der Waals surface area contributed by atoms with Gasteiger partial charge < -0.3 is 25.4 Å². The van der Waals surface area contributed by atoms with Crippen LogP contribution in [0.15, 0.2) is 18.2 Å². The maximum atomic E-state index is 14.0. The van der Waals surface area contributed by atoms with Crippen LogP contribution in [0.2, 0.25) is 0 Å². The molecule has 0 radical (unpaired) electrons. The van der Waals surface area contributed by atoms with E-state index in [2.05, 4.69) is 10.6 Å². The molecule has 0 fully saturated rings. The fraction of sp³-hybridized carbons (Fsp3) is 0.667. The van der Waals surface area contributed by atoms with Crippen LogP contribution in [0.5, 0.6) is 5.75 Å². The van der Waals surface area contributed by atoms with E-state index >= 15 is 0 Å². The Balaban J connectivity index is 3.45. The lowest BCUT2D eigenvalue weighted by Crippen LogP contribution is -2.55. The van der Waals surface area contributed by atoms with Gasteiger partial charge in [-0.2, -0.15) is 0 Å². The number of unbranched alkanes of at least 4 members (excludes halogenated alkanes) is 1. The van der Waals surface area contributed by atoms with Crippen molar-refractivity contribution < 1.29 is 24.2 Å². The topological polar surface area (TPSA) is 108 Å². The number of alkyl carbamates (subject to hydrolysis) is 1. The molecule has 0 aliphatic carbocycles. The molecular weight excluding hydrogens is 446 g/mol. The molecule has 0 aliphatic heterocycles. The van der Waals surface area contributed by atoms with Gasteiger partial charge in [-0.15, -0.1) is 0 Å². The first-order chi connectivity index (χ1) is 16.4. The minimum absolute atomic E-state index is 0.122. The third-order valence-electron chi connectivity index (χ3n) is 5.83. The second kappa shape index (κ2) is 14.0. The number of hydrogen-bond acceptors (Lipinski definition) is 5. The maximum absolute atomic E-state index is 14.0. The molecule has 0 aliphatic rings. The van der Waals surface area contributed by atoms with Gasteiger partial charge in [0.15, 0.2) is 0 Å². The molecule has 0 saturated carbocycles. The highest BCUT2D eigenvalue weighted by Crippen LogP contribution is 2.28. The molecule has 1 aromatic rings. The van der Waals surface area contributed by atoms with E-state index in [4.69, 9.17) is 4.74 Å². The number of amides is 3. The van der Waals surface area contributed by atoms with Gasteiger partial charge in [-0.3, -0.25) is 9.59 Å². The number of aryl methyl sites for hydroxylation is 1. The number of nitrogens with one attached hydrogen (secondary N) is 2. The van der Waals surface area contributed by atoms with Crippen molar-refractivity contribution >= 4 is 17.9 Å². The average molecular weight is 492 g/mol. The summed E-state index contributed by atoms with van der Waals surface area (Å²) in [6, 6.07) is 3.18. The summed E-state index contributed by atoms with van der Waals surface area (Å²) >= 11 is 0. The molecule has 3 N–H and O–H groups in total. The summed E-state index contributed by atoms with van der Waals surface area (Å²) in [4.78, 5) is 41.5. The van der Waals surface area contributed by atoms with Gasteiger partial charge in [0, 0.05) is 13.1 Å². The number of ether oxygens (including phenoxy) is 1. The second-order valence-electron chi connectivity index (χ2n) is 10.1. The summed E-state index contributed by atoms with van der Waals surface area (Å²) in [6.45, 7) is 15.7. The number of phenolic OH excluding ortho intramolecular Hbond substituents is 1. The molecule has 1 aromatic carbocycles. The number of aromatic hydroxyl groups is 1. The predicted octanol–water partition coefficient (Wildman–Crippen LogP) is 4.84. The van der Waals surface area contributed by atoms with Gasteiger partial charge in [0.1, 0.15) is 23.4 Å². The van der Waals surface area contributed by atoms with Crippen LogP contribution in [0.25, 0.3) is 0 Å². The van der Waals surface area contributed by atoms with Crippen molar-refractivity contribution in [2.45, 2.75) is 98.8 Å². The monoisotopic (exact) mass is 491 g/mol. The fourth-order valence-electron chi connectivity index (χ4n) is 3.71. The van der Waals surface area contributed by atoms with Gasteiger partial charge in [-0.05, 0) is 69.7 Å². The van der Waals surface area contributed by atoms with Crippen LogP contribution >= 0.6 is 0 Å². The average Bonchev–Trinajstić information content (AvgIpc) is 2.77. The Morgan fingerprint density at radius 2 is 1.77 bits per heavy atom. The van der Waals surface area contributed by atoms with Gasteiger partial charge in [-0.1, -0.05) is 46.6 Å². The SMILES string of the molecule is CCCCNC(=O)C(c1ccc(O)c(C)c1)N(CCC)C(=O)C(NC(=O)OC(C)(C)C)C(C)CC. The summed E-state index contributed by atoms with van der Waals surface area (Å²) in [7, 11) is 0. The predicted molar refractivity (Wildman–Crippen MR) is 138 cm³/mol. The van der Waals surface area contributed by atoms with Crippen LogP contribution in [-0.2, 0) is 14.3 Å². The van der Waals surface area contributed by atoms with E-state index in [-0.39, 0.29) is 23.5 Å². The first-order valence-electron chi connectivity index (χ1n) is 12.7. The maximum Gasteiger partial charge on any atom is 0.408 e. The molecule has 35 heavy (non-hydrogen) atoms. The highest BCUT2D eigenvalue weighted by Gasteiger charge is 2.37. The Hall–Kier alpha value is -2.77. The minimum atomic E-state index is -0.898. The van der Waals surface area contributed by atoms with Gasteiger partial charge >= 0.3 is 6.09 Å². The standard InChI is InChI=1S/C27H45N3O5/c1-9-12-15-28-24(32)23(20-13-14-21(31)19(5)17-20)30(16-10-2)25(33)22(18(4)11-3)29-26(34)35-27(6,7)8/h13-14,17-18,22-23,31H,9-12,15-16H2,1-8H3,(H,28,32)(H,29,34). The van der Waals surface area contributed by atoms with Crippen LogP contribution in [0, 0.1) is 12.8 Å². The van der Waals surface area contributed by atoms with Crippen LogP contribution in [0.4, 0.5) is 4.79 Å². The van der Waals surface area contributed by atoms with E-state index in [0.29, 0.717) is 37.1 Å². The zero-order valence-corrected chi connectivity index (χ0v) is 22.7. The van der Waals surface area contributed by atoms with E-state index in [1.54, 1.807) is 44.7 Å². The summed E-state index contributed by atoms with van der Waals surface area (Å²) in [6.07, 6.45) is 2.36. The Labute approximate surface area is 210 Å². The van der Waals surface area contributed by atoms with Gasteiger partial charge in [0.25, 0.3) is 0 Å². The number of benzene rings is 1. The summed E-state index contributed by atoms with van der Waals surface area (Å²) in [5.41, 5.74) is 0.515. The molecule has 0 spiro atoms. The quantitative estimate of drug-likeness (QED) is 0.363. The minimum Gasteiger partial charge on any atom is -0.508 e. The number of carbonyl (C=O) groups is 3. The molecule has 3 amide bonds. The van der Waals surface area contributed by atoms with E-state index in [0.717, 1.165) is 12.8 Å². The summed E-state index contributed by atoms with van der Waals surface area (Å²) in [5.74, 6) is -0.685. The molecule has 3 unspecified atom stereocenters. The first kappa shape index (κ1) is 30.3. The van der Waals surface area contributed by atoms with Crippen LogP contribution in [0.1, 0.15) is 91.3 Å². The van der Waals surface area contributed by atoms with Crippen molar-refractivity contribution in [3.05, 3.63) is 29.3 Å². The molecule has 0 bridgehead atoms. The van der Waals surface area contributed by atoms with E-state index < -0.39 is 23.8 Å². The van der Waals surface area contributed by atoms with Crippen molar-refractivity contribution in [3.63, 3.8) is 0 Å². The Kier molecular flexibility index (Phi) is 12.1. The van der Waals surface area contributed by atoms with E-state index in [1.165, 1.54) is 6.07 Å². The molecular formula is C27H45N3O5. The highest BCUT2D eigenvalue weighted by molar-refractivity contribution is 5.92. The number of carbonyl (C=O) groups excluding carboxylic acids is 3. The molecule has 0 saturated heterocycles. The summed E-state index contributed by atoms with van der Waals surface area (Å²) in [5, 5.41) is 15.7. The molecule has 0 aromatic heterocycles. The molecule has 8 heteroatoms. The van der Waals surface area contributed by atoms with Crippen molar-refractivity contribution in [2.75, 3.05) is 13.1 Å². The van der Waals surface area contributed by atoms with Gasteiger partial charge in [0.2, 0.25) is 11.8 Å². The number of rotatable bonds is 12. The van der Waals surface area contributed by atoms with E-state index in [9.17, 15) is 19.5 Å². The molecule has 1 rings (SSSR count). The zero-order chi connectivity index (χ0) is 26.8. The molecule has 198 valence electrons. The lowest BCUT2D eigenvalue weighted by molar-refractivity contribution is -0.143. The van der Waals surface area contributed by atoms with E-state index in [1.807, 2.05) is 27.7 Å². The van der Waals surface area contributed by atoms with Crippen molar-refractivity contribution in [1.29, 1.82) is 0 Å². The van der Waals surface area contributed by atoms with Crippen LogP contribution in [-0.4, -0.2) is 52.6 Å². The third-order valence-corrected chi connectivity index (χ3v) is 5.83. The second-order valence-corrected chi connectivity index (χ2v) is 10.1. The molecule has 3 atom stereocenters. The summed E-state index contributed by atoms with van der Waals surface area (Å²) < 4.78 is 5.41. The lowest BCUT2D eigenvalue weighted by atomic mass is 9.95. The lowest BCUT2D eigenvalue weighted by Gasteiger charge is -2.36. The fourth-order valence-corrected chi connectivity index (χ4v) is 3.71.